The topological polar surface area (TPSA) is 32.8 Å². The summed E-state index contributed by atoms with van der Waals surface area (Å²) in [4.78, 5) is 23.1. The number of hydroxylamine groups is 2. The van der Waals surface area contributed by atoms with Gasteiger partial charge >= 0.3 is 0 Å². The summed E-state index contributed by atoms with van der Waals surface area (Å²) in [6.45, 7) is 4.37. The summed E-state index contributed by atoms with van der Waals surface area (Å²) in [6, 6.07) is 29.7. The molecule has 3 aromatic carbocycles. The maximum Gasteiger partial charge on any atom is 0.272 e. The van der Waals surface area contributed by atoms with Crippen molar-refractivity contribution in [3.63, 3.8) is 0 Å². The van der Waals surface area contributed by atoms with Crippen LogP contribution in [0.25, 0.3) is 0 Å². The molecule has 1 unspecified atom stereocenters. The Labute approximate surface area is 177 Å². The number of hydrogen-bond acceptors (Lipinski definition) is 3. The molecule has 0 radical (unpaired) electrons. The minimum absolute atomic E-state index is 0.0509. The zero-order chi connectivity index (χ0) is 20.8. The van der Waals surface area contributed by atoms with Gasteiger partial charge in [0.15, 0.2) is 0 Å². The van der Waals surface area contributed by atoms with Crippen LogP contribution >= 0.6 is 0 Å². The smallest absolute Gasteiger partial charge is 0.272 e. The van der Waals surface area contributed by atoms with E-state index in [1.807, 2.05) is 95.9 Å². The molecule has 4 nitrogen and oxygen atoms in total. The van der Waals surface area contributed by atoms with Crippen LogP contribution in [0.1, 0.15) is 37.8 Å². The molecule has 1 amide bonds. The van der Waals surface area contributed by atoms with E-state index < -0.39 is 5.60 Å². The fourth-order valence-electron chi connectivity index (χ4n) is 4.77. The molecule has 2 saturated heterocycles. The van der Waals surface area contributed by atoms with Gasteiger partial charge in [0.25, 0.3) is 5.91 Å². The van der Waals surface area contributed by atoms with Crippen LogP contribution in [0.5, 0.6) is 0 Å². The monoisotopic (exact) mass is 398 g/mol. The van der Waals surface area contributed by atoms with Crippen LogP contribution in [0, 0.1) is 0 Å². The highest BCUT2D eigenvalue weighted by Crippen LogP contribution is 2.49. The van der Waals surface area contributed by atoms with Crippen molar-refractivity contribution >= 4 is 11.6 Å². The van der Waals surface area contributed by atoms with E-state index in [0.717, 1.165) is 29.7 Å². The summed E-state index contributed by atoms with van der Waals surface area (Å²) in [6.07, 6.45) is 1.69. The van der Waals surface area contributed by atoms with Gasteiger partial charge < -0.3 is 0 Å². The molecule has 0 saturated carbocycles. The molecule has 152 valence electrons. The third kappa shape index (κ3) is 2.79. The van der Waals surface area contributed by atoms with Crippen LogP contribution in [0.4, 0.5) is 5.69 Å². The Balaban J connectivity index is 1.77. The summed E-state index contributed by atoms with van der Waals surface area (Å²) in [5, 5.41) is 2.06. The number of para-hydroxylation sites is 1. The van der Waals surface area contributed by atoms with Gasteiger partial charge in [0, 0.05) is 11.2 Å². The molecule has 1 atom stereocenters. The quantitative estimate of drug-likeness (QED) is 0.615. The largest absolute Gasteiger partial charge is 0.291 e. The van der Waals surface area contributed by atoms with Gasteiger partial charge in [0.05, 0.1) is 0 Å². The first-order chi connectivity index (χ1) is 14.5. The van der Waals surface area contributed by atoms with Gasteiger partial charge in [-0.1, -0.05) is 78.9 Å². The molecule has 0 aliphatic carbocycles. The van der Waals surface area contributed by atoms with Crippen molar-refractivity contribution in [1.82, 2.24) is 5.06 Å². The summed E-state index contributed by atoms with van der Waals surface area (Å²) >= 11 is 0. The SMILES string of the molecule is CC1(C)CCC2N(c3ccccc3)C(=O)C(c3ccccc3)(c3ccccc3)ON21. The fraction of sp³-hybridized carbons (Fsp3) is 0.269. The third-order valence-electron chi connectivity index (χ3n) is 6.33. The summed E-state index contributed by atoms with van der Waals surface area (Å²) < 4.78 is 0. The lowest BCUT2D eigenvalue weighted by Gasteiger charge is -2.51. The van der Waals surface area contributed by atoms with E-state index >= 15 is 0 Å². The van der Waals surface area contributed by atoms with Crippen molar-refractivity contribution in [2.24, 2.45) is 0 Å². The van der Waals surface area contributed by atoms with Crippen molar-refractivity contribution in [2.45, 2.75) is 44.0 Å². The second-order valence-corrected chi connectivity index (χ2v) is 8.67. The molecule has 3 aromatic rings. The average Bonchev–Trinajstić information content (AvgIpc) is 3.09. The molecule has 4 heteroatoms. The molecule has 0 bridgehead atoms. The molecule has 2 aliphatic heterocycles. The number of carbonyl (C=O) groups is 1. The van der Waals surface area contributed by atoms with Gasteiger partial charge in [-0.25, -0.2) is 0 Å². The van der Waals surface area contributed by atoms with Crippen molar-refractivity contribution in [3.8, 4) is 0 Å². The molecular formula is C26H26N2O2. The van der Waals surface area contributed by atoms with Gasteiger partial charge in [0.2, 0.25) is 5.60 Å². The van der Waals surface area contributed by atoms with Crippen molar-refractivity contribution in [3.05, 3.63) is 102 Å². The number of carbonyl (C=O) groups excluding carboxylic acids is 1. The zero-order valence-electron chi connectivity index (χ0n) is 17.4. The number of amides is 1. The van der Waals surface area contributed by atoms with E-state index in [1.54, 1.807) is 0 Å². The van der Waals surface area contributed by atoms with Crippen molar-refractivity contribution in [1.29, 1.82) is 0 Å². The van der Waals surface area contributed by atoms with E-state index in [4.69, 9.17) is 4.84 Å². The molecule has 0 N–H and O–H groups in total. The standard InChI is InChI=1S/C26H26N2O2/c1-25(2)19-18-23-27(22-16-10-5-11-17-22)24(29)26(30-28(23)25,20-12-6-3-7-13-20)21-14-8-4-9-15-21/h3-17,23H,18-19H2,1-2H3. The van der Waals surface area contributed by atoms with Crippen LogP contribution < -0.4 is 4.90 Å². The molecule has 0 aromatic heterocycles. The summed E-state index contributed by atoms with van der Waals surface area (Å²) in [5.74, 6) is -0.0509. The molecule has 2 aliphatic rings. The number of anilines is 1. The van der Waals surface area contributed by atoms with E-state index in [1.165, 1.54) is 0 Å². The van der Waals surface area contributed by atoms with Crippen molar-refractivity contribution in [2.75, 3.05) is 4.90 Å². The van der Waals surface area contributed by atoms with Gasteiger partial charge in [-0.15, -0.1) is 0 Å². The van der Waals surface area contributed by atoms with Crippen LogP contribution in [0.2, 0.25) is 0 Å². The van der Waals surface area contributed by atoms with E-state index in [0.29, 0.717) is 0 Å². The van der Waals surface area contributed by atoms with Crippen molar-refractivity contribution < 1.29 is 9.63 Å². The molecule has 2 fully saturated rings. The number of hydrogen-bond donors (Lipinski definition) is 0. The maximum atomic E-state index is 14.4. The van der Waals surface area contributed by atoms with Crippen LogP contribution in [0.15, 0.2) is 91.0 Å². The highest BCUT2D eigenvalue weighted by molar-refractivity contribution is 6.03. The Morgan fingerprint density at radius 2 is 1.30 bits per heavy atom. The van der Waals surface area contributed by atoms with Gasteiger partial charge in [-0.3, -0.25) is 14.5 Å². The Morgan fingerprint density at radius 3 is 1.83 bits per heavy atom. The van der Waals surface area contributed by atoms with Gasteiger partial charge in [0.1, 0.15) is 6.17 Å². The molecular weight excluding hydrogens is 372 g/mol. The second-order valence-electron chi connectivity index (χ2n) is 8.67. The number of benzene rings is 3. The Kier molecular flexibility index (Phi) is 4.49. The predicted octanol–water partition coefficient (Wildman–Crippen LogP) is 5.11. The normalized spacial score (nSPS) is 22.7. The molecule has 5 rings (SSSR count). The fourth-order valence-corrected chi connectivity index (χ4v) is 4.77. The zero-order valence-corrected chi connectivity index (χ0v) is 17.4. The lowest BCUT2D eigenvalue weighted by atomic mass is 9.84. The van der Waals surface area contributed by atoms with Crippen LogP contribution in [-0.4, -0.2) is 22.7 Å². The van der Waals surface area contributed by atoms with Gasteiger partial charge in [-0.2, -0.15) is 5.06 Å². The van der Waals surface area contributed by atoms with Gasteiger partial charge in [-0.05, 0) is 49.9 Å². The van der Waals surface area contributed by atoms with E-state index in [2.05, 4.69) is 18.9 Å². The molecule has 30 heavy (non-hydrogen) atoms. The lowest BCUT2D eigenvalue weighted by molar-refractivity contribution is -0.287. The first-order valence-corrected chi connectivity index (χ1v) is 10.5. The van der Waals surface area contributed by atoms with E-state index in [9.17, 15) is 4.79 Å². The lowest BCUT2D eigenvalue weighted by Crippen LogP contribution is -2.66. The Hall–Kier alpha value is -2.95. The molecule has 2 heterocycles. The molecule has 0 spiro atoms. The predicted molar refractivity (Wildman–Crippen MR) is 118 cm³/mol. The average molecular weight is 399 g/mol. The minimum atomic E-state index is -1.24. The highest BCUT2D eigenvalue weighted by Gasteiger charge is 2.59. The first-order valence-electron chi connectivity index (χ1n) is 10.5. The Morgan fingerprint density at radius 1 is 0.800 bits per heavy atom. The number of fused-ring (bicyclic) bond motifs is 1. The Bertz CT molecular complexity index is 995. The third-order valence-corrected chi connectivity index (χ3v) is 6.33. The maximum absolute atomic E-state index is 14.4. The highest BCUT2D eigenvalue weighted by atomic mass is 16.7. The van der Waals surface area contributed by atoms with Crippen LogP contribution in [0.3, 0.4) is 0 Å². The summed E-state index contributed by atoms with van der Waals surface area (Å²) in [5.41, 5.74) is 1.14. The second kappa shape index (κ2) is 7.08. The minimum Gasteiger partial charge on any atom is -0.291 e. The van der Waals surface area contributed by atoms with Crippen LogP contribution in [-0.2, 0) is 15.2 Å². The number of rotatable bonds is 3. The van der Waals surface area contributed by atoms with E-state index in [-0.39, 0.29) is 17.6 Å². The summed E-state index contributed by atoms with van der Waals surface area (Å²) in [7, 11) is 0. The number of nitrogens with zero attached hydrogens (tertiary/aromatic N) is 2. The first kappa shape index (κ1) is 19.0.